The first-order chi connectivity index (χ1) is 8.74. The van der Waals surface area contributed by atoms with E-state index in [-0.39, 0.29) is 5.82 Å². The van der Waals surface area contributed by atoms with Gasteiger partial charge in [-0.25, -0.2) is 14.4 Å². The summed E-state index contributed by atoms with van der Waals surface area (Å²) in [6.07, 6.45) is 1.76. The predicted molar refractivity (Wildman–Crippen MR) is 72.4 cm³/mol. The molecule has 0 saturated carbocycles. The van der Waals surface area contributed by atoms with Crippen molar-refractivity contribution >= 4 is 17.4 Å². The first-order valence-corrected chi connectivity index (χ1v) is 6.64. The van der Waals surface area contributed by atoms with Gasteiger partial charge in [0, 0.05) is 29.9 Å². The molecular weight excluding hydrogens is 249 g/mol. The first kappa shape index (κ1) is 12.8. The molecule has 18 heavy (non-hydrogen) atoms. The molecule has 0 fully saturated rings. The molecule has 1 aromatic heterocycles. The summed E-state index contributed by atoms with van der Waals surface area (Å²) in [4.78, 5) is 8.47. The van der Waals surface area contributed by atoms with Crippen molar-refractivity contribution in [3.8, 4) is 0 Å². The summed E-state index contributed by atoms with van der Waals surface area (Å²) in [5, 5.41) is 4.00. The van der Waals surface area contributed by atoms with E-state index in [1.807, 2.05) is 13.0 Å². The van der Waals surface area contributed by atoms with Gasteiger partial charge in [-0.05, 0) is 37.3 Å². The van der Waals surface area contributed by atoms with Crippen molar-refractivity contribution < 1.29 is 4.39 Å². The lowest BCUT2D eigenvalue weighted by molar-refractivity contribution is 0.628. The minimum atomic E-state index is -0.219. The van der Waals surface area contributed by atoms with Gasteiger partial charge in [0.15, 0.2) is 5.16 Å². The van der Waals surface area contributed by atoms with Crippen LogP contribution in [0.4, 0.5) is 10.1 Å². The van der Waals surface area contributed by atoms with Crippen molar-refractivity contribution in [2.24, 2.45) is 0 Å². The number of benzene rings is 1. The van der Waals surface area contributed by atoms with Gasteiger partial charge in [0.2, 0.25) is 0 Å². The van der Waals surface area contributed by atoms with Crippen molar-refractivity contribution in [3.05, 3.63) is 48.0 Å². The van der Waals surface area contributed by atoms with Crippen molar-refractivity contribution in [2.75, 3.05) is 17.6 Å². The molecular formula is C13H14FN3S. The topological polar surface area (TPSA) is 37.8 Å². The quantitative estimate of drug-likeness (QED) is 0.511. The zero-order chi connectivity index (χ0) is 12.8. The number of nitrogens with one attached hydrogen (secondary N) is 1. The average molecular weight is 263 g/mol. The third-order valence-corrected chi connectivity index (χ3v) is 3.14. The van der Waals surface area contributed by atoms with Gasteiger partial charge in [-0.2, -0.15) is 0 Å². The van der Waals surface area contributed by atoms with Crippen LogP contribution < -0.4 is 5.32 Å². The summed E-state index contributed by atoms with van der Waals surface area (Å²) in [5.41, 5.74) is 1.89. The van der Waals surface area contributed by atoms with Crippen LogP contribution in [0.5, 0.6) is 0 Å². The number of thioether (sulfide) groups is 1. The fraction of sp³-hybridized carbons (Fsp3) is 0.231. The van der Waals surface area contributed by atoms with E-state index >= 15 is 0 Å². The molecule has 1 heterocycles. The summed E-state index contributed by atoms with van der Waals surface area (Å²) < 4.78 is 12.7. The monoisotopic (exact) mass is 263 g/mol. The number of halogens is 1. The van der Waals surface area contributed by atoms with Crippen molar-refractivity contribution in [2.45, 2.75) is 12.1 Å². The first-order valence-electron chi connectivity index (χ1n) is 5.66. The molecule has 0 aliphatic rings. The Kier molecular flexibility index (Phi) is 4.52. The smallest absolute Gasteiger partial charge is 0.187 e. The third kappa shape index (κ3) is 4.00. The summed E-state index contributed by atoms with van der Waals surface area (Å²) in [7, 11) is 0. The van der Waals surface area contributed by atoms with E-state index in [0.29, 0.717) is 0 Å². The molecule has 1 aromatic carbocycles. The number of hydrogen-bond donors (Lipinski definition) is 1. The van der Waals surface area contributed by atoms with Crippen LogP contribution in [0.15, 0.2) is 41.7 Å². The molecule has 0 amide bonds. The van der Waals surface area contributed by atoms with E-state index < -0.39 is 0 Å². The maximum atomic E-state index is 12.7. The van der Waals surface area contributed by atoms with Crippen LogP contribution in [0, 0.1) is 12.7 Å². The molecule has 0 atom stereocenters. The van der Waals surface area contributed by atoms with Crippen LogP contribution >= 0.6 is 11.8 Å². The van der Waals surface area contributed by atoms with E-state index in [1.54, 1.807) is 30.1 Å². The Morgan fingerprint density at radius 2 is 2.00 bits per heavy atom. The van der Waals surface area contributed by atoms with Crippen molar-refractivity contribution in [1.29, 1.82) is 0 Å². The van der Waals surface area contributed by atoms with Gasteiger partial charge in [-0.1, -0.05) is 11.8 Å². The van der Waals surface area contributed by atoms with Crippen molar-refractivity contribution in [3.63, 3.8) is 0 Å². The van der Waals surface area contributed by atoms with Gasteiger partial charge in [0.05, 0.1) is 0 Å². The standard InChI is InChI=1S/C13H14FN3S/c1-10-6-7-16-13(17-10)18-9-8-15-12-4-2-11(14)3-5-12/h2-7,15H,8-9H2,1H3. The van der Waals surface area contributed by atoms with Crippen LogP contribution in [0.3, 0.4) is 0 Å². The zero-order valence-corrected chi connectivity index (χ0v) is 10.9. The highest BCUT2D eigenvalue weighted by molar-refractivity contribution is 7.99. The number of nitrogens with zero attached hydrogens (tertiary/aromatic N) is 2. The van der Waals surface area contributed by atoms with E-state index in [0.717, 1.165) is 28.8 Å². The zero-order valence-electron chi connectivity index (χ0n) is 10.1. The fourth-order valence-corrected chi connectivity index (χ4v) is 2.13. The number of hydrogen-bond acceptors (Lipinski definition) is 4. The van der Waals surface area contributed by atoms with Crippen LogP contribution in [0.2, 0.25) is 0 Å². The highest BCUT2D eigenvalue weighted by atomic mass is 32.2. The largest absolute Gasteiger partial charge is 0.384 e. The lowest BCUT2D eigenvalue weighted by atomic mass is 10.3. The SMILES string of the molecule is Cc1ccnc(SCCNc2ccc(F)cc2)n1. The van der Waals surface area contributed by atoms with Gasteiger partial charge in [0.25, 0.3) is 0 Å². The lowest BCUT2D eigenvalue weighted by Crippen LogP contribution is -2.04. The number of anilines is 1. The number of rotatable bonds is 5. The molecule has 2 aromatic rings. The van der Waals surface area contributed by atoms with E-state index in [9.17, 15) is 4.39 Å². The van der Waals surface area contributed by atoms with Gasteiger partial charge >= 0.3 is 0 Å². The second-order valence-electron chi connectivity index (χ2n) is 3.76. The summed E-state index contributed by atoms with van der Waals surface area (Å²) in [5.74, 6) is 0.643. The van der Waals surface area contributed by atoms with Gasteiger partial charge in [-0.3, -0.25) is 0 Å². The Labute approximate surface area is 110 Å². The molecule has 94 valence electrons. The number of aromatic nitrogens is 2. The van der Waals surface area contributed by atoms with Gasteiger partial charge < -0.3 is 5.32 Å². The minimum Gasteiger partial charge on any atom is -0.384 e. The Balaban J connectivity index is 1.74. The maximum Gasteiger partial charge on any atom is 0.187 e. The molecule has 0 unspecified atom stereocenters. The maximum absolute atomic E-state index is 12.7. The molecule has 0 aliphatic heterocycles. The van der Waals surface area contributed by atoms with Gasteiger partial charge in [0.1, 0.15) is 5.82 Å². The predicted octanol–water partition coefficient (Wildman–Crippen LogP) is 3.13. The minimum absolute atomic E-state index is 0.219. The molecule has 1 N–H and O–H groups in total. The van der Waals surface area contributed by atoms with Crippen LogP contribution in [-0.4, -0.2) is 22.3 Å². The van der Waals surface area contributed by atoms with Crippen LogP contribution in [0.25, 0.3) is 0 Å². The molecule has 0 radical (unpaired) electrons. The molecule has 2 rings (SSSR count). The number of aryl methyl sites for hydroxylation is 1. The summed E-state index contributed by atoms with van der Waals surface area (Å²) in [6.45, 7) is 2.73. The normalized spacial score (nSPS) is 10.3. The average Bonchev–Trinajstić information content (AvgIpc) is 2.37. The fourth-order valence-electron chi connectivity index (χ4n) is 1.40. The Bertz CT molecular complexity index is 502. The Hall–Kier alpha value is -1.62. The third-order valence-electron chi connectivity index (χ3n) is 2.28. The highest BCUT2D eigenvalue weighted by Crippen LogP contribution is 2.13. The molecule has 0 saturated heterocycles. The van der Waals surface area contributed by atoms with E-state index in [2.05, 4.69) is 15.3 Å². The second-order valence-corrected chi connectivity index (χ2v) is 4.82. The molecule has 0 aliphatic carbocycles. The lowest BCUT2D eigenvalue weighted by Gasteiger charge is -2.05. The molecule has 0 spiro atoms. The van der Waals surface area contributed by atoms with Crippen molar-refractivity contribution in [1.82, 2.24) is 9.97 Å². The van der Waals surface area contributed by atoms with E-state index in [4.69, 9.17) is 0 Å². The van der Waals surface area contributed by atoms with Crippen LogP contribution in [-0.2, 0) is 0 Å². The molecule has 5 heteroatoms. The Morgan fingerprint density at radius 3 is 2.72 bits per heavy atom. The molecule has 3 nitrogen and oxygen atoms in total. The summed E-state index contributed by atoms with van der Waals surface area (Å²) in [6, 6.07) is 8.21. The van der Waals surface area contributed by atoms with Gasteiger partial charge in [-0.15, -0.1) is 0 Å². The van der Waals surface area contributed by atoms with E-state index in [1.165, 1.54) is 12.1 Å². The summed E-state index contributed by atoms with van der Waals surface area (Å²) >= 11 is 1.60. The Morgan fingerprint density at radius 1 is 1.22 bits per heavy atom. The second kappa shape index (κ2) is 6.35. The van der Waals surface area contributed by atoms with Crippen LogP contribution in [0.1, 0.15) is 5.69 Å². The highest BCUT2D eigenvalue weighted by Gasteiger charge is 1.98. The molecule has 0 bridgehead atoms.